The van der Waals surface area contributed by atoms with Gasteiger partial charge in [-0.2, -0.15) is 0 Å². The fourth-order valence-electron chi connectivity index (χ4n) is 4.18. The van der Waals surface area contributed by atoms with Crippen LogP contribution >= 0.6 is 0 Å². The molecule has 33 heavy (non-hydrogen) atoms. The third-order valence-electron chi connectivity index (χ3n) is 5.80. The van der Waals surface area contributed by atoms with Crippen molar-refractivity contribution in [1.82, 2.24) is 0 Å². The van der Waals surface area contributed by atoms with Crippen LogP contribution in [0.3, 0.4) is 0 Å². The highest BCUT2D eigenvalue weighted by Gasteiger charge is 2.17. The van der Waals surface area contributed by atoms with E-state index < -0.39 is 0 Å². The number of methoxy groups -OCH3 is 3. The maximum absolute atomic E-state index is 13.5. The molecule has 1 heterocycles. The second-order valence-electron chi connectivity index (χ2n) is 7.59. The van der Waals surface area contributed by atoms with Crippen molar-refractivity contribution in [2.45, 2.75) is 0 Å². The number of benzene rings is 4. The van der Waals surface area contributed by atoms with Gasteiger partial charge in [-0.3, -0.25) is 4.79 Å². The molecule has 0 spiro atoms. The molecule has 4 aromatic carbocycles. The summed E-state index contributed by atoms with van der Waals surface area (Å²) in [5, 5.41) is 0.912. The lowest BCUT2D eigenvalue weighted by molar-refractivity contribution is 0.355. The van der Waals surface area contributed by atoms with Crippen LogP contribution in [0.1, 0.15) is 0 Å². The number of ether oxygens (including phenoxy) is 3. The summed E-state index contributed by atoms with van der Waals surface area (Å²) in [6.45, 7) is 0. The number of rotatable bonds is 5. The third kappa shape index (κ3) is 3.48. The highest BCUT2D eigenvalue weighted by molar-refractivity contribution is 5.99. The second kappa shape index (κ2) is 8.36. The molecule has 0 radical (unpaired) electrons. The van der Waals surface area contributed by atoms with Crippen molar-refractivity contribution >= 4 is 21.9 Å². The summed E-state index contributed by atoms with van der Waals surface area (Å²) in [4.78, 5) is 13.5. The Morgan fingerprint density at radius 3 is 2.06 bits per heavy atom. The lowest BCUT2D eigenvalue weighted by Crippen LogP contribution is -2.05. The second-order valence-corrected chi connectivity index (χ2v) is 7.59. The van der Waals surface area contributed by atoms with E-state index in [9.17, 15) is 4.79 Å². The third-order valence-corrected chi connectivity index (χ3v) is 5.80. The van der Waals surface area contributed by atoms with Crippen molar-refractivity contribution in [3.8, 4) is 39.5 Å². The summed E-state index contributed by atoms with van der Waals surface area (Å²) in [6.07, 6.45) is 0. The Hall–Kier alpha value is -4.25. The van der Waals surface area contributed by atoms with Gasteiger partial charge in [-0.25, -0.2) is 0 Å². The first kappa shape index (κ1) is 20.6. The van der Waals surface area contributed by atoms with E-state index in [-0.39, 0.29) is 5.43 Å². The molecule has 0 saturated carbocycles. The van der Waals surface area contributed by atoms with Gasteiger partial charge in [-0.1, -0.05) is 42.5 Å². The average molecular weight is 438 g/mol. The molecule has 0 saturated heterocycles. The highest BCUT2D eigenvalue weighted by atomic mass is 16.5. The molecule has 5 aromatic rings. The van der Waals surface area contributed by atoms with Crippen molar-refractivity contribution in [3.63, 3.8) is 0 Å². The van der Waals surface area contributed by atoms with E-state index in [4.69, 9.17) is 18.6 Å². The van der Waals surface area contributed by atoms with Crippen molar-refractivity contribution < 1.29 is 18.6 Å². The number of hydrogen-bond donors (Lipinski definition) is 0. The molecule has 0 bridgehead atoms. The Labute approximate surface area is 190 Å². The molecule has 164 valence electrons. The molecule has 0 fully saturated rings. The standard InChI is InChI=1S/C28H22O5/c1-30-22-13-12-18(14-26(22)32-3)19-15-21-25(16-20(19)17-8-5-4-6-9-17)33-24-11-7-10-23(31-2)27(24)28(21)29/h4-16H,1-3H3. The summed E-state index contributed by atoms with van der Waals surface area (Å²) < 4.78 is 22.5. The van der Waals surface area contributed by atoms with Gasteiger partial charge in [0.25, 0.3) is 0 Å². The van der Waals surface area contributed by atoms with Gasteiger partial charge >= 0.3 is 0 Å². The molecule has 0 aliphatic carbocycles. The maximum Gasteiger partial charge on any atom is 0.204 e. The summed E-state index contributed by atoms with van der Waals surface area (Å²) in [6, 6.07) is 24.9. The Bertz CT molecular complexity index is 1530. The van der Waals surface area contributed by atoms with Gasteiger partial charge in [-0.15, -0.1) is 0 Å². The van der Waals surface area contributed by atoms with E-state index in [0.717, 1.165) is 22.3 Å². The lowest BCUT2D eigenvalue weighted by Gasteiger charge is -2.15. The zero-order valence-corrected chi connectivity index (χ0v) is 18.5. The summed E-state index contributed by atoms with van der Waals surface area (Å²) in [5.74, 6) is 1.74. The molecule has 5 rings (SSSR count). The first-order valence-corrected chi connectivity index (χ1v) is 10.5. The van der Waals surface area contributed by atoms with Crippen LogP contribution in [0.15, 0.2) is 88.1 Å². The topological polar surface area (TPSA) is 57.9 Å². The van der Waals surface area contributed by atoms with Crippen LogP contribution in [0.2, 0.25) is 0 Å². The zero-order chi connectivity index (χ0) is 22.9. The van der Waals surface area contributed by atoms with Crippen LogP contribution in [0.5, 0.6) is 17.2 Å². The molecule has 0 N–H and O–H groups in total. The minimum atomic E-state index is -0.134. The summed E-state index contributed by atoms with van der Waals surface area (Å²) in [7, 11) is 4.76. The Kier molecular flexibility index (Phi) is 5.23. The van der Waals surface area contributed by atoms with Gasteiger partial charge in [0, 0.05) is 0 Å². The number of fused-ring (bicyclic) bond motifs is 2. The smallest absolute Gasteiger partial charge is 0.204 e. The largest absolute Gasteiger partial charge is 0.496 e. The van der Waals surface area contributed by atoms with Gasteiger partial charge < -0.3 is 18.6 Å². The number of hydrogen-bond acceptors (Lipinski definition) is 5. The summed E-state index contributed by atoms with van der Waals surface area (Å²) >= 11 is 0. The van der Waals surface area contributed by atoms with Crippen LogP contribution in [0, 0.1) is 0 Å². The van der Waals surface area contributed by atoms with Crippen LogP contribution in [-0.2, 0) is 0 Å². The summed E-state index contributed by atoms with van der Waals surface area (Å²) in [5.41, 5.74) is 4.61. The first-order chi connectivity index (χ1) is 16.1. The monoisotopic (exact) mass is 438 g/mol. The van der Waals surface area contributed by atoms with Crippen LogP contribution < -0.4 is 19.6 Å². The van der Waals surface area contributed by atoms with Crippen LogP contribution in [0.4, 0.5) is 0 Å². The van der Waals surface area contributed by atoms with Crippen molar-refractivity contribution in [1.29, 1.82) is 0 Å². The SMILES string of the molecule is COc1ccc(-c2cc3c(=O)c4c(OC)cccc4oc3cc2-c2ccccc2)cc1OC. The van der Waals surface area contributed by atoms with E-state index >= 15 is 0 Å². The minimum Gasteiger partial charge on any atom is -0.496 e. The van der Waals surface area contributed by atoms with Crippen molar-refractivity contribution in [2.24, 2.45) is 0 Å². The fraction of sp³-hybridized carbons (Fsp3) is 0.107. The van der Waals surface area contributed by atoms with E-state index in [2.05, 4.69) is 0 Å². The molecule has 5 nitrogen and oxygen atoms in total. The Balaban J connectivity index is 1.87. The van der Waals surface area contributed by atoms with E-state index in [0.29, 0.717) is 39.2 Å². The van der Waals surface area contributed by atoms with Crippen molar-refractivity contribution in [2.75, 3.05) is 21.3 Å². The Morgan fingerprint density at radius 1 is 0.606 bits per heavy atom. The fourth-order valence-corrected chi connectivity index (χ4v) is 4.18. The normalized spacial score (nSPS) is 11.0. The molecule has 0 amide bonds. The quantitative estimate of drug-likeness (QED) is 0.301. The maximum atomic E-state index is 13.5. The van der Waals surface area contributed by atoms with Crippen LogP contribution in [-0.4, -0.2) is 21.3 Å². The molecule has 0 atom stereocenters. The predicted octanol–water partition coefficient (Wildman–Crippen LogP) is 6.31. The van der Waals surface area contributed by atoms with Gasteiger partial charge in [-0.05, 0) is 58.7 Å². The average Bonchev–Trinajstić information content (AvgIpc) is 2.87. The van der Waals surface area contributed by atoms with Gasteiger partial charge in [0.05, 0.1) is 26.7 Å². The predicted molar refractivity (Wildman–Crippen MR) is 131 cm³/mol. The van der Waals surface area contributed by atoms with Gasteiger partial charge in [0.15, 0.2) is 11.5 Å². The van der Waals surface area contributed by atoms with E-state index in [1.165, 1.54) is 0 Å². The molecule has 5 heteroatoms. The Morgan fingerprint density at radius 2 is 1.33 bits per heavy atom. The van der Waals surface area contributed by atoms with Gasteiger partial charge in [0.2, 0.25) is 5.43 Å². The van der Waals surface area contributed by atoms with E-state index in [1.807, 2.05) is 66.7 Å². The molecule has 0 aliphatic heterocycles. The lowest BCUT2D eigenvalue weighted by atomic mass is 9.92. The molecule has 1 aromatic heterocycles. The molecule has 0 aliphatic rings. The zero-order valence-electron chi connectivity index (χ0n) is 18.5. The minimum absolute atomic E-state index is 0.134. The molecular formula is C28H22O5. The first-order valence-electron chi connectivity index (χ1n) is 10.5. The molecular weight excluding hydrogens is 416 g/mol. The van der Waals surface area contributed by atoms with Gasteiger partial charge in [0.1, 0.15) is 22.3 Å². The van der Waals surface area contributed by atoms with Crippen LogP contribution in [0.25, 0.3) is 44.2 Å². The van der Waals surface area contributed by atoms with E-state index in [1.54, 1.807) is 33.5 Å². The molecule has 0 unspecified atom stereocenters. The van der Waals surface area contributed by atoms with Crippen molar-refractivity contribution in [3.05, 3.63) is 89.1 Å². The highest BCUT2D eigenvalue weighted by Crippen LogP contribution is 2.39.